The van der Waals surface area contributed by atoms with Gasteiger partial charge >= 0.3 is 5.97 Å². The average Bonchev–Trinajstić information content (AvgIpc) is 3.31. The molecule has 1 N–H and O–H groups in total. The minimum absolute atomic E-state index is 0.0153. The third-order valence-corrected chi connectivity index (χ3v) is 12.8. The summed E-state index contributed by atoms with van der Waals surface area (Å²) in [6, 6.07) is 0. The van der Waals surface area contributed by atoms with Crippen molar-refractivity contribution >= 4 is 23.8 Å². The highest BCUT2D eigenvalue weighted by Gasteiger charge is 2.27. The predicted molar refractivity (Wildman–Crippen MR) is 271 cm³/mol. The van der Waals surface area contributed by atoms with E-state index in [4.69, 9.17) is 9.47 Å². The zero-order chi connectivity index (χ0) is 46.6. The fraction of sp³-hybridized carbons (Fsp3) is 0.889. The molecule has 1 heterocycles. The van der Waals surface area contributed by atoms with Crippen LogP contribution >= 0.6 is 0 Å². The van der Waals surface area contributed by atoms with Crippen molar-refractivity contribution < 1.29 is 23.8 Å². The Morgan fingerprint density at radius 3 is 1.53 bits per heavy atom. The number of esters is 1. The maximum atomic E-state index is 12.8. The number of rotatable bonds is 45. The van der Waals surface area contributed by atoms with Crippen molar-refractivity contribution in [2.24, 2.45) is 0 Å². The Kier molecular flexibility index (Phi) is 41.3. The van der Waals surface area contributed by atoms with Crippen LogP contribution in [0.1, 0.15) is 246 Å². The number of unbranched alkanes of at least 4 members (excludes halogenated alkanes) is 25. The second-order valence-corrected chi connectivity index (χ2v) is 18.7. The van der Waals surface area contributed by atoms with Crippen molar-refractivity contribution in [2.75, 3.05) is 69.3 Å². The average molecular weight is 904 g/mol. The van der Waals surface area contributed by atoms with Gasteiger partial charge in [-0.25, -0.2) is 0 Å². The van der Waals surface area contributed by atoms with Crippen molar-refractivity contribution in [2.45, 2.75) is 252 Å². The van der Waals surface area contributed by atoms with Crippen LogP contribution in [0.3, 0.4) is 0 Å². The summed E-state index contributed by atoms with van der Waals surface area (Å²) in [5.41, 5.74) is 0.332. The van der Waals surface area contributed by atoms with E-state index in [9.17, 15) is 19.2 Å². The Hall–Kier alpha value is -2.46. The summed E-state index contributed by atoms with van der Waals surface area (Å²) in [7, 11) is 0. The topological polar surface area (TPSA) is 114 Å². The summed E-state index contributed by atoms with van der Waals surface area (Å²) in [6.07, 6.45) is 41.2. The van der Waals surface area contributed by atoms with E-state index in [-0.39, 0.29) is 22.9 Å². The van der Waals surface area contributed by atoms with Gasteiger partial charge in [0.25, 0.3) is 17.3 Å². The molecule has 0 aromatic heterocycles. The maximum absolute atomic E-state index is 12.8. The van der Waals surface area contributed by atoms with E-state index in [1.165, 1.54) is 167 Å². The first-order valence-electron chi connectivity index (χ1n) is 27.3. The number of morpholine rings is 1. The second-order valence-electron chi connectivity index (χ2n) is 18.7. The maximum Gasteiger partial charge on any atom is 0.306 e. The van der Waals surface area contributed by atoms with Gasteiger partial charge in [0.05, 0.1) is 19.8 Å². The molecule has 64 heavy (non-hydrogen) atoms. The fourth-order valence-electron chi connectivity index (χ4n) is 8.74. The van der Waals surface area contributed by atoms with E-state index in [0.29, 0.717) is 63.7 Å². The molecular weight excluding hydrogens is 803 g/mol. The smallest absolute Gasteiger partial charge is 0.306 e. The molecule has 0 radical (unpaired) electrons. The number of hydrogen-bond donors (Lipinski definition) is 1. The molecule has 1 aliphatic heterocycles. The second kappa shape index (κ2) is 44.4. The standard InChI is InChI=1S/C44H81N3O5.C10H20O2/c1-4-7-10-13-17-22-28-39(29-23-18-14-11-8-5-2)52-40(48)30-24-19-16-21-26-33-46(32-25-20-15-12-9-6-3)34-27-31-45-41-42(44(50)43(41)49)47-35-37-51-38-36-47;1-2-3-4-5-6-7-8-9-12-10-11/h39,45H,4-38H2,1-3H3;10H,2-9H2,1H3. The highest BCUT2D eigenvalue weighted by Crippen LogP contribution is 2.22. The van der Waals surface area contributed by atoms with Gasteiger partial charge in [-0.2, -0.15) is 0 Å². The Morgan fingerprint density at radius 2 is 1.03 bits per heavy atom. The molecule has 0 saturated carbocycles. The Labute approximate surface area is 393 Å². The summed E-state index contributed by atoms with van der Waals surface area (Å²) in [6.45, 7) is 16.5. The number of nitrogens with zero attached hydrogens (tertiary/aromatic N) is 2. The van der Waals surface area contributed by atoms with Crippen LogP contribution < -0.4 is 21.1 Å². The Morgan fingerprint density at radius 1 is 0.594 bits per heavy atom. The first-order chi connectivity index (χ1) is 31.4. The number of anilines is 2. The van der Waals surface area contributed by atoms with Gasteiger partial charge in [0.2, 0.25) is 0 Å². The van der Waals surface area contributed by atoms with E-state index in [1.54, 1.807) is 0 Å². The third kappa shape index (κ3) is 32.3. The molecule has 374 valence electrons. The van der Waals surface area contributed by atoms with Gasteiger partial charge in [-0.3, -0.25) is 19.2 Å². The predicted octanol–water partition coefficient (Wildman–Crippen LogP) is 13.2. The number of hydrogen-bond acceptors (Lipinski definition) is 10. The summed E-state index contributed by atoms with van der Waals surface area (Å²) in [5.74, 6) is 0.0153. The molecular formula is C54H101N3O7. The first-order valence-corrected chi connectivity index (χ1v) is 27.3. The molecule has 0 spiro atoms. The van der Waals surface area contributed by atoms with Crippen molar-refractivity contribution in [3.63, 3.8) is 0 Å². The van der Waals surface area contributed by atoms with E-state index < -0.39 is 0 Å². The lowest BCUT2D eigenvalue weighted by atomic mass is 10.0. The Bertz CT molecular complexity index is 1250. The zero-order valence-corrected chi connectivity index (χ0v) is 42.3. The van der Waals surface area contributed by atoms with Crippen LogP contribution in [0.4, 0.5) is 11.4 Å². The van der Waals surface area contributed by atoms with Gasteiger partial charge in [-0.1, -0.05) is 182 Å². The van der Waals surface area contributed by atoms with Crippen molar-refractivity contribution in [3.05, 3.63) is 20.4 Å². The largest absolute Gasteiger partial charge is 0.468 e. The number of carbonyl (C=O) groups excluding carboxylic acids is 2. The first kappa shape index (κ1) is 59.6. The highest BCUT2D eigenvalue weighted by molar-refractivity contribution is 5.75. The number of carbonyl (C=O) groups is 2. The molecule has 0 amide bonds. The zero-order valence-electron chi connectivity index (χ0n) is 42.3. The molecule has 1 saturated heterocycles. The lowest BCUT2D eigenvalue weighted by Gasteiger charge is -2.31. The van der Waals surface area contributed by atoms with Crippen LogP contribution in [0.25, 0.3) is 0 Å². The summed E-state index contributed by atoms with van der Waals surface area (Å²) >= 11 is 0. The van der Waals surface area contributed by atoms with Crippen molar-refractivity contribution in [3.8, 4) is 0 Å². The molecule has 0 unspecified atom stereocenters. The van der Waals surface area contributed by atoms with Gasteiger partial charge in [-0.05, 0) is 77.4 Å². The molecule has 10 heteroatoms. The molecule has 0 bridgehead atoms. The van der Waals surface area contributed by atoms with E-state index >= 15 is 0 Å². The third-order valence-electron chi connectivity index (χ3n) is 12.8. The molecule has 2 rings (SSSR count). The number of nitrogens with one attached hydrogen (secondary N) is 1. The SMILES string of the molecule is CCCCCCCCC(CCCCCCCC)OC(=O)CCCCCCCN(CCCCCCCC)CCCNc1c(N2CCOCC2)c(=O)c1=O.CCCCCCCCCOC=O. The van der Waals surface area contributed by atoms with Gasteiger partial charge < -0.3 is 29.3 Å². The van der Waals surface area contributed by atoms with Crippen molar-refractivity contribution in [1.29, 1.82) is 0 Å². The molecule has 1 aromatic carbocycles. The van der Waals surface area contributed by atoms with Gasteiger partial charge in [-0.15, -0.1) is 0 Å². The Balaban J connectivity index is 0.00000148. The fourth-order valence-corrected chi connectivity index (χ4v) is 8.74. The molecule has 1 aromatic rings. The summed E-state index contributed by atoms with van der Waals surface area (Å²) < 4.78 is 16.1. The van der Waals surface area contributed by atoms with Crippen LogP contribution in [-0.2, 0) is 23.8 Å². The summed E-state index contributed by atoms with van der Waals surface area (Å²) in [4.78, 5) is 51.8. The van der Waals surface area contributed by atoms with Crippen molar-refractivity contribution in [1.82, 2.24) is 4.90 Å². The molecule has 1 fully saturated rings. The van der Waals surface area contributed by atoms with Crippen LogP contribution in [-0.4, -0.2) is 82.5 Å². The lowest BCUT2D eigenvalue weighted by Crippen LogP contribution is -2.47. The van der Waals surface area contributed by atoms with Gasteiger partial charge in [0.1, 0.15) is 17.5 Å². The number of ether oxygens (including phenoxy) is 3. The van der Waals surface area contributed by atoms with Crippen LogP contribution in [0, 0.1) is 0 Å². The molecule has 1 aliphatic rings. The normalized spacial score (nSPS) is 12.8. The van der Waals surface area contributed by atoms with E-state index in [1.807, 2.05) is 4.90 Å². The van der Waals surface area contributed by atoms with Crippen LogP contribution in [0.5, 0.6) is 0 Å². The molecule has 0 atom stereocenters. The summed E-state index contributed by atoms with van der Waals surface area (Å²) in [5, 5.41) is 3.30. The molecule has 10 nitrogen and oxygen atoms in total. The van der Waals surface area contributed by atoms with Gasteiger partial charge in [0.15, 0.2) is 0 Å². The van der Waals surface area contributed by atoms with Gasteiger partial charge in [0, 0.05) is 26.1 Å². The monoisotopic (exact) mass is 904 g/mol. The highest BCUT2D eigenvalue weighted by atomic mass is 16.5. The van der Waals surface area contributed by atoms with E-state index in [2.05, 4.69) is 42.6 Å². The lowest BCUT2D eigenvalue weighted by molar-refractivity contribution is -0.150. The van der Waals surface area contributed by atoms with Crippen LogP contribution in [0.2, 0.25) is 0 Å². The van der Waals surface area contributed by atoms with E-state index in [0.717, 1.165) is 64.6 Å². The van der Waals surface area contributed by atoms with Crippen LogP contribution in [0.15, 0.2) is 9.59 Å². The minimum atomic E-state index is -0.375. The quantitative estimate of drug-likeness (QED) is 0.0294. The minimum Gasteiger partial charge on any atom is -0.468 e. The molecule has 0 aliphatic carbocycles.